The molecule has 0 saturated carbocycles. The fourth-order valence-electron chi connectivity index (χ4n) is 2.26. The van der Waals surface area contributed by atoms with Crippen LogP contribution in [0.2, 0.25) is 0 Å². The molecule has 0 aliphatic carbocycles. The van der Waals surface area contributed by atoms with E-state index in [0.29, 0.717) is 6.04 Å². The maximum atomic E-state index is 5.28. The number of nitrogens with two attached hydrogens (primary N) is 2. The van der Waals surface area contributed by atoms with Crippen LogP contribution in [0.5, 0.6) is 0 Å². The third-order valence-corrected chi connectivity index (χ3v) is 3.47. The van der Waals surface area contributed by atoms with Crippen LogP contribution in [-0.4, -0.2) is 45.3 Å². The first-order valence-electron chi connectivity index (χ1n) is 8.20. The fourth-order valence-corrected chi connectivity index (χ4v) is 2.26. The van der Waals surface area contributed by atoms with Crippen molar-refractivity contribution in [3.63, 3.8) is 0 Å². The molecular formula is C16H31CuN5. The molecule has 0 aromatic heterocycles. The van der Waals surface area contributed by atoms with Crippen molar-refractivity contribution in [2.75, 3.05) is 39.3 Å². The molecule has 1 fully saturated rings. The molecule has 0 amide bonds. The number of nitrogens with zero attached hydrogens (tertiary/aromatic N) is 2. The van der Waals surface area contributed by atoms with Crippen molar-refractivity contribution < 1.29 is 17.1 Å². The van der Waals surface area contributed by atoms with Gasteiger partial charge in [0, 0.05) is 0 Å². The summed E-state index contributed by atoms with van der Waals surface area (Å²) < 4.78 is 0. The van der Waals surface area contributed by atoms with Gasteiger partial charge in [0.15, 0.2) is 0 Å². The average Bonchev–Trinajstić information content (AvgIpc) is 2.57. The predicted molar refractivity (Wildman–Crippen MR) is 91.5 cm³/mol. The molecule has 1 unspecified atom stereocenters. The Labute approximate surface area is 146 Å². The van der Waals surface area contributed by atoms with Crippen LogP contribution in [0.3, 0.4) is 0 Å². The summed E-state index contributed by atoms with van der Waals surface area (Å²) in [5.74, 6) is 0. The molecule has 2 rings (SSSR count). The first-order chi connectivity index (χ1) is 10.4. The number of rotatable bonds is 7. The van der Waals surface area contributed by atoms with E-state index in [1.54, 1.807) is 0 Å². The van der Waals surface area contributed by atoms with Gasteiger partial charge >= 0.3 is 17.1 Å². The molecule has 1 saturated heterocycles. The third kappa shape index (κ3) is 10.4. The Morgan fingerprint density at radius 3 is 2.36 bits per heavy atom. The molecule has 2 heterocycles. The van der Waals surface area contributed by atoms with Gasteiger partial charge in [-0.3, -0.25) is 0 Å². The molecule has 0 aromatic rings. The SMILES string of the molecule is C1=CC[N-]C(C2CCCC[N-]2)=C1.NCCCNCCCN.[Cu+2]. The number of nitrogens with one attached hydrogen (secondary N) is 1. The second-order valence-corrected chi connectivity index (χ2v) is 5.31. The molecule has 2 aliphatic heterocycles. The van der Waals surface area contributed by atoms with Gasteiger partial charge < -0.3 is 27.4 Å². The van der Waals surface area contributed by atoms with Crippen LogP contribution in [-0.2, 0) is 17.1 Å². The van der Waals surface area contributed by atoms with Crippen LogP contribution < -0.4 is 16.8 Å². The van der Waals surface area contributed by atoms with E-state index in [0.717, 1.165) is 52.1 Å². The van der Waals surface area contributed by atoms with Crippen LogP contribution in [0.4, 0.5) is 0 Å². The van der Waals surface area contributed by atoms with E-state index in [2.05, 4.69) is 34.2 Å². The van der Waals surface area contributed by atoms with Gasteiger partial charge in [-0.05, 0) is 39.0 Å². The first kappa shape index (κ1) is 21.6. The van der Waals surface area contributed by atoms with Crippen molar-refractivity contribution >= 4 is 0 Å². The van der Waals surface area contributed by atoms with Crippen molar-refractivity contribution in [1.29, 1.82) is 0 Å². The zero-order valence-corrected chi connectivity index (χ0v) is 14.4. The van der Waals surface area contributed by atoms with Gasteiger partial charge in [-0.1, -0.05) is 31.4 Å². The maximum Gasteiger partial charge on any atom is 2.00 e. The minimum absolute atomic E-state index is 0. The van der Waals surface area contributed by atoms with Gasteiger partial charge in [-0.15, -0.1) is 25.2 Å². The second-order valence-electron chi connectivity index (χ2n) is 5.31. The molecule has 2 aliphatic rings. The summed E-state index contributed by atoms with van der Waals surface area (Å²) in [6.07, 6.45) is 12.2. The molecule has 1 atom stereocenters. The van der Waals surface area contributed by atoms with E-state index in [1.807, 2.05) is 0 Å². The smallest absolute Gasteiger partial charge is 0.686 e. The van der Waals surface area contributed by atoms with Gasteiger partial charge in [-0.2, -0.15) is 5.70 Å². The number of hydrogen-bond donors (Lipinski definition) is 3. The number of hydrogen-bond acceptors (Lipinski definition) is 3. The molecule has 5 nitrogen and oxygen atoms in total. The summed E-state index contributed by atoms with van der Waals surface area (Å²) in [6, 6.07) is 0.406. The maximum absolute atomic E-state index is 5.28. The average molecular weight is 357 g/mol. The molecule has 5 N–H and O–H groups in total. The van der Waals surface area contributed by atoms with Crippen molar-refractivity contribution in [2.24, 2.45) is 11.5 Å². The summed E-state index contributed by atoms with van der Waals surface area (Å²) in [7, 11) is 0. The van der Waals surface area contributed by atoms with Crippen molar-refractivity contribution in [1.82, 2.24) is 5.32 Å². The van der Waals surface area contributed by atoms with E-state index in [9.17, 15) is 0 Å². The quantitative estimate of drug-likeness (QED) is 0.481. The van der Waals surface area contributed by atoms with Gasteiger partial charge in [-0.25, -0.2) is 0 Å². The van der Waals surface area contributed by atoms with Gasteiger partial charge in [0.1, 0.15) is 0 Å². The predicted octanol–water partition coefficient (Wildman–Crippen LogP) is 2.01. The Balaban J connectivity index is 0.000000402. The summed E-state index contributed by atoms with van der Waals surface area (Å²) in [5.41, 5.74) is 11.7. The van der Waals surface area contributed by atoms with E-state index < -0.39 is 0 Å². The molecule has 0 spiro atoms. The molecule has 1 radical (unpaired) electrons. The van der Waals surface area contributed by atoms with Crippen LogP contribution in [0.1, 0.15) is 32.1 Å². The summed E-state index contributed by atoms with van der Waals surface area (Å²) >= 11 is 0. The third-order valence-electron chi connectivity index (χ3n) is 3.47. The Morgan fingerprint density at radius 1 is 1.14 bits per heavy atom. The minimum Gasteiger partial charge on any atom is -0.686 e. The van der Waals surface area contributed by atoms with E-state index in [-0.39, 0.29) is 17.1 Å². The van der Waals surface area contributed by atoms with Gasteiger partial charge in [0.25, 0.3) is 0 Å². The van der Waals surface area contributed by atoms with Gasteiger partial charge in [0.05, 0.1) is 0 Å². The fraction of sp³-hybridized carbons (Fsp3) is 0.750. The minimum atomic E-state index is 0. The zero-order valence-electron chi connectivity index (χ0n) is 13.4. The second kappa shape index (κ2) is 15.5. The Morgan fingerprint density at radius 2 is 1.86 bits per heavy atom. The standard InChI is InChI=1S/C10H14N2.C6H17N3.Cu/c1-3-7-11-9(5-1)10-6-2-4-8-12-10;7-3-1-5-9-6-2-4-8;/h1,3,5,10H,2,4,6-8H2;9H,1-8H2;/q-2;;+2. The Hall–Kier alpha value is -0.361. The van der Waals surface area contributed by atoms with E-state index in [1.165, 1.54) is 25.0 Å². The van der Waals surface area contributed by atoms with E-state index in [4.69, 9.17) is 11.5 Å². The Bertz CT molecular complexity index is 295. The topological polar surface area (TPSA) is 92.3 Å². The van der Waals surface area contributed by atoms with Crippen LogP contribution >= 0.6 is 0 Å². The van der Waals surface area contributed by atoms with E-state index >= 15 is 0 Å². The zero-order chi connectivity index (χ0) is 15.2. The van der Waals surface area contributed by atoms with Crippen molar-refractivity contribution in [2.45, 2.75) is 38.1 Å². The number of piperidine rings is 1. The van der Waals surface area contributed by atoms with Crippen molar-refractivity contribution in [3.05, 3.63) is 34.6 Å². The van der Waals surface area contributed by atoms with Crippen molar-refractivity contribution in [3.8, 4) is 0 Å². The van der Waals surface area contributed by atoms with Crippen LogP contribution in [0, 0.1) is 0 Å². The first-order valence-corrected chi connectivity index (χ1v) is 8.20. The molecule has 131 valence electrons. The summed E-state index contributed by atoms with van der Waals surface area (Å²) in [4.78, 5) is 0. The Kier molecular flexibility index (Phi) is 15.3. The van der Waals surface area contributed by atoms with Gasteiger partial charge in [0.2, 0.25) is 0 Å². The molecular weight excluding hydrogens is 326 g/mol. The summed E-state index contributed by atoms with van der Waals surface area (Å²) in [5, 5.41) is 12.2. The summed E-state index contributed by atoms with van der Waals surface area (Å²) in [6.45, 7) is 5.47. The largest absolute Gasteiger partial charge is 2.00 e. The van der Waals surface area contributed by atoms with Crippen LogP contribution in [0.25, 0.3) is 10.6 Å². The normalized spacial score (nSPS) is 20.1. The van der Waals surface area contributed by atoms with Crippen LogP contribution in [0.15, 0.2) is 23.9 Å². The molecule has 22 heavy (non-hydrogen) atoms. The molecule has 0 aromatic carbocycles. The molecule has 6 heteroatoms. The monoisotopic (exact) mass is 356 g/mol. The molecule has 0 bridgehead atoms. The number of allylic oxidation sites excluding steroid dienone is 2.